The van der Waals surface area contributed by atoms with E-state index >= 15 is 0 Å². The summed E-state index contributed by atoms with van der Waals surface area (Å²) < 4.78 is 0. The number of fused-ring (bicyclic) bond motifs is 1. The second-order valence-corrected chi connectivity index (χ2v) is 4.72. The van der Waals surface area contributed by atoms with Gasteiger partial charge in [-0.05, 0) is 18.4 Å². The van der Waals surface area contributed by atoms with Gasteiger partial charge in [-0.3, -0.25) is 15.0 Å². The van der Waals surface area contributed by atoms with Gasteiger partial charge in [0, 0.05) is 6.07 Å². The number of benzene rings is 1. The lowest BCUT2D eigenvalue weighted by molar-refractivity contribution is -0.384. The molecule has 90 valence electrons. The van der Waals surface area contributed by atoms with Crippen molar-refractivity contribution in [2.75, 3.05) is 4.90 Å². The zero-order valence-corrected chi connectivity index (χ0v) is 10.3. The molecule has 1 N–H and O–H groups in total. The average Bonchev–Trinajstić information content (AvgIpc) is 2.27. The highest BCUT2D eigenvalue weighted by Gasteiger charge is 2.34. The second kappa shape index (κ2) is 4.33. The summed E-state index contributed by atoms with van der Waals surface area (Å²) in [4.78, 5) is 22.1. The van der Waals surface area contributed by atoms with E-state index in [1.807, 2.05) is 0 Å². The number of hydrogen-bond acceptors (Lipinski definition) is 3. The minimum absolute atomic E-state index is 0.172. The van der Waals surface area contributed by atoms with Crippen molar-refractivity contribution in [3.05, 3.63) is 33.9 Å². The largest absolute Gasteiger partial charge is 0.465 e. The minimum Gasteiger partial charge on any atom is -0.465 e. The molecule has 0 bridgehead atoms. The lowest BCUT2D eigenvalue weighted by Gasteiger charge is -2.31. The number of nitro groups is 1. The van der Waals surface area contributed by atoms with E-state index in [1.165, 1.54) is 6.07 Å². The van der Waals surface area contributed by atoms with Gasteiger partial charge in [0.05, 0.1) is 9.87 Å². The van der Waals surface area contributed by atoms with Crippen LogP contribution in [0, 0.1) is 10.1 Å². The van der Waals surface area contributed by atoms with Crippen LogP contribution in [0.5, 0.6) is 0 Å². The van der Waals surface area contributed by atoms with Crippen molar-refractivity contribution in [2.45, 2.75) is 17.8 Å². The molecule has 0 spiro atoms. The van der Waals surface area contributed by atoms with Crippen molar-refractivity contribution in [3.8, 4) is 0 Å². The molecule has 1 unspecified atom stereocenters. The molecule has 1 aromatic rings. The molecule has 0 aromatic heterocycles. The van der Waals surface area contributed by atoms with Crippen LogP contribution in [-0.4, -0.2) is 21.1 Å². The first-order chi connectivity index (χ1) is 8.02. The monoisotopic (exact) mass is 300 g/mol. The van der Waals surface area contributed by atoms with Gasteiger partial charge in [-0.15, -0.1) is 0 Å². The third kappa shape index (κ3) is 1.97. The molecule has 1 aliphatic heterocycles. The Labute approximate surface area is 105 Å². The normalized spacial score (nSPS) is 18.6. The smallest absolute Gasteiger partial charge is 0.413 e. The quantitative estimate of drug-likeness (QED) is 0.374. The topological polar surface area (TPSA) is 83.7 Å². The number of halogens is 1. The van der Waals surface area contributed by atoms with Gasteiger partial charge in [0.25, 0.3) is 5.69 Å². The Morgan fingerprint density at radius 3 is 2.88 bits per heavy atom. The van der Waals surface area contributed by atoms with E-state index in [0.717, 1.165) is 4.90 Å². The van der Waals surface area contributed by atoms with Crippen LogP contribution in [0.15, 0.2) is 18.2 Å². The van der Waals surface area contributed by atoms with Gasteiger partial charge in [0.2, 0.25) is 0 Å². The minimum atomic E-state index is -1.19. The molecule has 1 aromatic carbocycles. The van der Waals surface area contributed by atoms with Gasteiger partial charge >= 0.3 is 6.09 Å². The predicted octanol–water partition coefficient (Wildman–Crippen LogP) is 2.75. The molecule has 0 radical (unpaired) electrons. The maximum Gasteiger partial charge on any atom is 0.413 e. The molecule has 0 saturated carbocycles. The predicted molar refractivity (Wildman–Crippen MR) is 64.6 cm³/mol. The molecule has 2 rings (SSSR count). The number of para-hydroxylation sites is 1. The summed E-state index contributed by atoms with van der Waals surface area (Å²) in [6, 6.07) is 4.61. The van der Waals surface area contributed by atoms with Gasteiger partial charge in [0.1, 0.15) is 5.69 Å². The molecular weight excluding hydrogens is 292 g/mol. The summed E-state index contributed by atoms with van der Waals surface area (Å²) in [6.07, 6.45) is 0.0269. The van der Waals surface area contributed by atoms with E-state index in [0.29, 0.717) is 18.4 Å². The lowest BCUT2D eigenvalue weighted by atomic mass is 10.0. The van der Waals surface area contributed by atoms with Gasteiger partial charge < -0.3 is 5.11 Å². The maximum atomic E-state index is 11.2. The SMILES string of the molecule is O=C(O)N1c2c(cccc2[N+](=O)[O-])CCC1Br. The third-order valence-corrected chi connectivity index (χ3v) is 3.54. The Balaban J connectivity index is 2.63. The van der Waals surface area contributed by atoms with Crippen LogP contribution < -0.4 is 4.90 Å². The lowest BCUT2D eigenvalue weighted by Crippen LogP contribution is -2.39. The van der Waals surface area contributed by atoms with E-state index in [4.69, 9.17) is 5.11 Å². The number of alkyl halides is 1. The fraction of sp³-hybridized carbons (Fsp3) is 0.300. The molecule has 1 heterocycles. The molecule has 0 saturated heterocycles. The van der Waals surface area contributed by atoms with Crippen molar-refractivity contribution in [1.82, 2.24) is 0 Å². The van der Waals surface area contributed by atoms with Crippen LogP contribution in [0.3, 0.4) is 0 Å². The Hall–Kier alpha value is -1.63. The van der Waals surface area contributed by atoms with E-state index in [2.05, 4.69) is 15.9 Å². The van der Waals surface area contributed by atoms with Crippen LogP contribution >= 0.6 is 15.9 Å². The summed E-state index contributed by atoms with van der Waals surface area (Å²) in [7, 11) is 0. The Morgan fingerprint density at radius 1 is 1.59 bits per heavy atom. The number of carboxylic acid groups (broad SMARTS) is 1. The maximum absolute atomic E-state index is 11.2. The van der Waals surface area contributed by atoms with Crippen LogP contribution in [0.4, 0.5) is 16.2 Å². The molecule has 7 heteroatoms. The van der Waals surface area contributed by atoms with E-state index in [1.54, 1.807) is 12.1 Å². The zero-order valence-electron chi connectivity index (χ0n) is 8.67. The summed E-state index contributed by atoms with van der Waals surface area (Å²) >= 11 is 3.23. The number of carbonyl (C=O) groups is 1. The number of aryl methyl sites for hydroxylation is 1. The van der Waals surface area contributed by atoms with E-state index < -0.39 is 16.0 Å². The van der Waals surface area contributed by atoms with Crippen molar-refractivity contribution >= 4 is 33.4 Å². The highest BCUT2D eigenvalue weighted by molar-refractivity contribution is 9.09. The first kappa shape index (κ1) is 11.8. The van der Waals surface area contributed by atoms with Crippen molar-refractivity contribution in [1.29, 1.82) is 0 Å². The molecule has 0 fully saturated rings. The first-order valence-corrected chi connectivity index (χ1v) is 5.86. The van der Waals surface area contributed by atoms with Crippen LogP contribution in [-0.2, 0) is 6.42 Å². The highest BCUT2D eigenvalue weighted by atomic mass is 79.9. The molecular formula is C10H9BrN2O4. The molecule has 1 aliphatic rings. The van der Waals surface area contributed by atoms with Crippen molar-refractivity contribution in [3.63, 3.8) is 0 Å². The van der Waals surface area contributed by atoms with Gasteiger partial charge in [-0.2, -0.15) is 0 Å². The summed E-state index contributed by atoms with van der Waals surface area (Å²) in [5.41, 5.74) is 0.699. The van der Waals surface area contributed by atoms with Crippen LogP contribution in [0.25, 0.3) is 0 Å². The third-order valence-electron chi connectivity index (χ3n) is 2.67. The number of amides is 1. The fourth-order valence-corrected chi connectivity index (χ4v) is 2.57. The average molecular weight is 301 g/mol. The van der Waals surface area contributed by atoms with Gasteiger partial charge in [0.15, 0.2) is 0 Å². The van der Waals surface area contributed by atoms with Gasteiger partial charge in [-0.1, -0.05) is 28.1 Å². The summed E-state index contributed by atoms with van der Waals surface area (Å²) in [5, 5.41) is 20.1. The summed E-state index contributed by atoms with van der Waals surface area (Å²) in [6.45, 7) is 0. The van der Waals surface area contributed by atoms with Crippen LogP contribution in [0.1, 0.15) is 12.0 Å². The van der Waals surface area contributed by atoms with Crippen LogP contribution in [0.2, 0.25) is 0 Å². The molecule has 1 atom stereocenters. The van der Waals surface area contributed by atoms with Crippen molar-refractivity contribution < 1.29 is 14.8 Å². The Kier molecular flexibility index (Phi) is 3.01. The number of rotatable bonds is 1. The Morgan fingerprint density at radius 2 is 2.29 bits per heavy atom. The first-order valence-electron chi connectivity index (χ1n) is 4.95. The number of nitrogens with zero attached hydrogens (tertiary/aromatic N) is 2. The molecule has 1 amide bonds. The second-order valence-electron chi connectivity index (χ2n) is 3.67. The number of nitro benzene ring substituents is 1. The zero-order chi connectivity index (χ0) is 12.6. The van der Waals surface area contributed by atoms with Crippen molar-refractivity contribution in [2.24, 2.45) is 0 Å². The number of hydrogen-bond donors (Lipinski definition) is 1. The standard InChI is InChI=1S/C10H9BrN2O4/c11-8-5-4-6-2-1-3-7(13(16)17)9(6)12(8)10(14)15/h1-3,8H,4-5H2,(H,14,15). The van der Waals surface area contributed by atoms with E-state index in [9.17, 15) is 14.9 Å². The van der Waals surface area contributed by atoms with Gasteiger partial charge in [-0.25, -0.2) is 4.79 Å². The fourth-order valence-electron chi connectivity index (χ4n) is 1.96. The summed E-state index contributed by atoms with van der Waals surface area (Å²) in [5.74, 6) is 0. The van der Waals surface area contributed by atoms with E-state index in [-0.39, 0.29) is 11.4 Å². The molecule has 6 nitrogen and oxygen atoms in total. The molecule has 0 aliphatic carbocycles. The highest BCUT2D eigenvalue weighted by Crippen LogP contribution is 2.39. The number of anilines is 1. The Bertz CT molecular complexity index is 491. The molecule has 17 heavy (non-hydrogen) atoms.